The number of hydrazine groups is 1. The van der Waals surface area contributed by atoms with E-state index in [-0.39, 0.29) is 12.3 Å². The molecule has 0 aromatic heterocycles. The molecule has 0 aliphatic heterocycles. The van der Waals surface area contributed by atoms with Gasteiger partial charge in [-0.25, -0.2) is 8.42 Å². The number of nitrogens with zero attached hydrogens (tertiary/aromatic N) is 1. The molecule has 0 saturated carbocycles. The summed E-state index contributed by atoms with van der Waals surface area (Å²) in [5.41, 5.74) is 4.28. The smallest absolute Gasteiger partial charge is 0.313 e. The highest BCUT2D eigenvalue weighted by molar-refractivity contribution is 8.00. The van der Waals surface area contributed by atoms with Crippen LogP contribution in [0.1, 0.15) is 50.7 Å². The first-order chi connectivity index (χ1) is 13.7. The number of unbranched alkanes of at least 4 members (excludes halogenated alkanes) is 3. The number of nitrogens with one attached hydrogen (secondary N) is 1. The van der Waals surface area contributed by atoms with Gasteiger partial charge in [-0.2, -0.15) is 0 Å². The van der Waals surface area contributed by atoms with Crippen molar-refractivity contribution in [1.82, 2.24) is 4.41 Å². The quantitative estimate of drug-likeness (QED) is 0.215. The van der Waals surface area contributed by atoms with Gasteiger partial charge in [0.05, 0.1) is 30.3 Å². The fourth-order valence-corrected chi connectivity index (χ4v) is 3.76. The molecule has 0 bridgehead atoms. The van der Waals surface area contributed by atoms with E-state index in [4.69, 9.17) is 5.11 Å². The molecule has 9 heteroatoms. The summed E-state index contributed by atoms with van der Waals surface area (Å²) in [5.74, 6) is -0.374. The Hall–Kier alpha value is -1.55. The molecule has 0 aliphatic rings. The van der Waals surface area contributed by atoms with Crippen molar-refractivity contribution in [1.29, 1.82) is 0 Å². The second kappa shape index (κ2) is 13.6. The number of hydrogen-bond donors (Lipinski definition) is 3. The van der Waals surface area contributed by atoms with E-state index < -0.39 is 22.1 Å². The van der Waals surface area contributed by atoms with Gasteiger partial charge in [-0.1, -0.05) is 56.9 Å². The van der Waals surface area contributed by atoms with E-state index in [1.54, 1.807) is 36.4 Å². The molecule has 1 aromatic carbocycles. The summed E-state index contributed by atoms with van der Waals surface area (Å²) in [4.78, 5) is 10.5. The maximum atomic E-state index is 12.0. The fourth-order valence-electron chi connectivity index (χ4n) is 2.57. The van der Waals surface area contributed by atoms with Gasteiger partial charge in [0.2, 0.25) is 10.0 Å². The third-order valence-electron chi connectivity index (χ3n) is 4.16. The van der Waals surface area contributed by atoms with Crippen LogP contribution in [0.4, 0.5) is 5.69 Å². The van der Waals surface area contributed by atoms with E-state index >= 15 is 0 Å². The molecule has 0 spiro atoms. The van der Waals surface area contributed by atoms with Crippen LogP contribution in [0.2, 0.25) is 0 Å². The molecule has 0 radical (unpaired) electrons. The second-order valence-electron chi connectivity index (χ2n) is 6.77. The number of sulfonamides is 1. The zero-order valence-corrected chi connectivity index (χ0v) is 18.7. The number of carbonyl (C=O) groups is 1. The van der Waals surface area contributed by atoms with Crippen molar-refractivity contribution in [3.8, 4) is 0 Å². The third-order valence-corrected chi connectivity index (χ3v) is 6.08. The molecule has 0 heterocycles. The van der Waals surface area contributed by atoms with Crippen LogP contribution in [0, 0.1) is 0 Å². The van der Waals surface area contributed by atoms with Crippen LogP contribution in [0.3, 0.4) is 0 Å². The lowest BCUT2D eigenvalue weighted by Crippen LogP contribution is -2.35. The number of hydrogen-bond acceptors (Lipinski definition) is 6. The molecule has 0 fully saturated rings. The van der Waals surface area contributed by atoms with E-state index in [0.717, 1.165) is 35.5 Å². The predicted octanol–water partition coefficient (Wildman–Crippen LogP) is 3.65. The number of thioether (sulfide) groups is 1. The Balaban J connectivity index is 2.59. The summed E-state index contributed by atoms with van der Waals surface area (Å²) < 4.78 is 25.1. The minimum Gasteiger partial charge on any atom is -0.481 e. The molecule has 1 atom stereocenters. The minimum atomic E-state index is -3.49. The molecular formula is C20H32N2O5S2. The minimum absolute atomic E-state index is 0.00911. The van der Waals surface area contributed by atoms with E-state index in [1.807, 2.05) is 0 Å². The van der Waals surface area contributed by atoms with Gasteiger partial charge in [-0.05, 0) is 24.1 Å². The molecule has 1 aromatic rings. The average Bonchev–Trinajstić information content (AvgIpc) is 2.66. The highest BCUT2D eigenvalue weighted by Gasteiger charge is 2.15. The van der Waals surface area contributed by atoms with Crippen LogP contribution in [0.25, 0.3) is 0 Å². The topological polar surface area (TPSA) is 107 Å². The lowest BCUT2D eigenvalue weighted by molar-refractivity contribution is -0.133. The first-order valence-electron chi connectivity index (χ1n) is 9.71. The maximum absolute atomic E-state index is 12.0. The highest BCUT2D eigenvalue weighted by Crippen LogP contribution is 2.22. The van der Waals surface area contributed by atoms with Crippen molar-refractivity contribution in [3.05, 3.63) is 42.0 Å². The normalized spacial score (nSPS) is 13.1. The monoisotopic (exact) mass is 444 g/mol. The first kappa shape index (κ1) is 25.5. The van der Waals surface area contributed by atoms with Crippen LogP contribution in [-0.2, 0) is 14.8 Å². The van der Waals surface area contributed by atoms with Gasteiger partial charge in [0, 0.05) is 5.75 Å². The van der Waals surface area contributed by atoms with Crippen LogP contribution >= 0.6 is 11.8 Å². The molecule has 29 heavy (non-hydrogen) atoms. The number of carboxylic acid groups (broad SMARTS) is 1. The summed E-state index contributed by atoms with van der Waals surface area (Å²) in [5, 5.41) is 18.9. The van der Waals surface area contributed by atoms with Gasteiger partial charge in [0.15, 0.2) is 0 Å². The summed E-state index contributed by atoms with van der Waals surface area (Å²) in [6.07, 6.45) is 9.15. The number of carboxylic acids is 1. The lowest BCUT2D eigenvalue weighted by Gasteiger charge is -2.21. The number of aliphatic hydroxyl groups excluding tert-OH is 1. The Bertz CT molecular complexity index is 736. The maximum Gasteiger partial charge on any atom is 0.313 e. The van der Waals surface area contributed by atoms with Crippen molar-refractivity contribution in [2.45, 2.75) is 45.1 Å². The molecular weight excluding hydrogens is 412 g/mol. The SMILES string of the molecule is CCCCCCC(O)c1ccc(NN(C/C=C\CSCC(=O)O)S(C)(=O)=O)cc1. The molecule has 0 saturated heterocycles. The predicted molar refractivity (Wildman–Crippen MR) is 119 cm³/mol. The Morgan fingerprint density at radius 1 is 1.21 bits per heavy atom. The van der Waals surface area contributed by atoms with Gasteiger partial charge < -0.3 is 15.6 Å². The average molecular weight is 445 g/mol. The van der Waals surface area contributed by atoms with Crippen LogP contribution in [-0.4, -0.2) is 53.3 Å². The fraction of sp³-hybridized carbons (Fsp3) is 0.550. The summed E-state index contributed by atoms with van der Waals surface area (Å²) in [7, 11) is -3.49. The molecule has 3 N–H and O–H groups in total. The largest absolute Gasteiger partial charge is 0.481 e. The van der Waals surface area contributed by atoms with Crippen molar-refractivity contribution in [2.24, 2.45) is 0 Å². The second-order valence-corrected chi connectivity index (χ2v) is 9.71. The van der Waals surface area contributed by atoms with Crippen LogP contribution in [0.5, 0.6) is 0 Å². The molecule has 7 nitrogen and oxygen atoms in total. The molecule has 164 valence electrons. The molecule has 1 rings (SSSR count). The summed E-state index contributed by atoms with van der Waals surface area (Å²) >= 11 is 1.24. The summed E-state index contributed by atoms with van der Waals surface area (Å²) in [6.45, 7) is 2.27. The van der Waals surface area contributed by atoms with Crippen molar-refractivity contribution in [2.75, 3.05) is 29.7 Å². The number of aliphatic carboxylic acids is 1. The summed E-state index contributed by atoms with van der Waals surface area (Å²) in [6, 6.07) is 7.09. The zero-order chi connectivity index (χ0) is 21.7. The van der Waals surface area contributed by atoms with Gasteiger partial charge in [-0.3, -0.25) is 4.79 Å². The number of benzene rings is 1. The van der Waals surface area contributed by atoms with E-state index in [1.165, 1.54) is 18.2 Å². The van der Waals surface area contributed by atoms with Crippen molar-refractivity contribution < 1.29 is 23.4 Å². The number of aliphatic hydroxyl groups is 1. The third kappa shape index (κ3) is 11.3. The van der Waals surface area contributed by atoms with Gasteiger partial charge >= 0.3 is 5.97 Å². The van der Waals surface area contributed by atoms with Crippen molar-refractivity contribution in [3.63, 3.8) is 0 Å². The van der Waals surface area contributed by atoms with Crippen LogP contribution < -0.4 is 5.43 Å². The molecule has 0 aliphatic carbocycles. The zero-order valence-electron chi connectivity index (χ0n) is 17.1. The van der Waals surface area contributed by atoms with Gasteiger partial charge in [-0.15, -0.1) is 16.2 Å². The van der Waals surface area contributed by atoms with Gasteiger partial charge in [0.1, 0.15) is 0 Å². The Morgan fingerprint density at radius 2 is 1.90 bits per heavy atom. The van der Waals surface area contributed by atoms with E-state index in [2.05, 4.69) is 12.3 Å². The van der Waals surface area contributed by atoms with E-state index in [9.17, 15) is 18.3 Å². The van der Waals surface area contributed by atoms with Gasteiger partial charge in [0.25, 0.3) is 0 Å². The Morgan fingerprint density at radius 3 is 2.48 bits per heavy atom. The van der Waals surface area contributed by atoms with E-state index in [0.29, 0.717) is 17.9 Å². The molecule has 0 amide bonds. The lowest BCUT2D eigenvalue weighted by atomic mass is 10.0. The van der Waals surface area contributed by atoms with Crippen LogP contribution in [0.15, 0.2) is 36.4 Å². The standard InChI is InChI=1S/C20H32N2O5S2/c1-3-4-5-6-9-19(23)17-10-12-18(13-11-17)21-22(29(2,26)27)14-7-8-15-28-16-20(24)25/h7-8,10-13,19,21,23H,3-6,9,14-16H2,1-2H3,(H,24,25)/b8-7-. The Labute approximate surface area is 178 Å². The van der Waals surface area contributed by atoms with Crippen molar-refractivity contribution >= 4 is 33.4 Å². The molecule has 1 unspecified atom stereocenters. The Kier molecular flexibility index (Phi) is 12.0. The number of anilines is 1. The first-order valence-corrected chi connectivity index (χ1v) is 12.7. The number of rotatable bonds is 15. The highest BCUT2D eigenvalue weighted by atomic mass is 32.2.